The molecule has 14 heavy (non-hydrogen) atoms. The van der Waals surface area contributed by atoms with Gasteiger partial charge in [-0.3, -0.25) is 0 Å². The Morgan fingerprint density at radius 2 is 1.50 bits per heavy atom. The molecular formula is C11H19N3. The number of allylic oxidation sites excluding steroid dienone is 2. The van der Waals surface area contributed by atoms with Crippen LogP contribution in [0.5, 0.6) is 0 Å². The zero-order chi connectivity index (χ0) is 10.1. The second-order valence-electron chi connectivity index (χ2n) is 5.52. The Bertz CT molecular complexity index is 271. The summed E-state index contributed by atoms with van der Waals surface area (Å²) in [4.78, 5) is 0. The van der Waals surface area contributed by atoms with Gasteiger partial charge in [0.25, 0.3) is 0 Å². The maximum Gasteiger partial charge on any atom is 0.0438 e. The molecule has 2 fully saturated rings. The van der Waals surface area contributed by atoms with Gasteiger partial charge in [0.2, 0.25) is 0 Å². The SMILES string of the molecule is CC1(N)C(N)C2C3C=CC(C3)C2C1N. The van der Waals surface area contributed by atoms with E-state index in [2.05, 4.69) is 12.2 Å². The Morgan fingerprint density at radius 3 is 1.93 bits per heavy atom. The second-order valence-corrected chi connectivity index (χ2v) is 5.52. The summed E-state index contributed by atoms with van der Waals surface area (Å²) in [6.07, 6.45) is 5.90. The van der Waals surface area contributed by atoms with Crippen molar-refractivity contribution in [1.29, 1.82) is 0 Å². The van der Waals surface area contributed by atoms with Crippen molar-refractivity contribution < 1.29 is 0 Å². The zero-order valence-electron chi connectivity index (χ0n) is 8.56. The molecule has 2 saturated carbocycles. The van der Waals surface area contributed by atoms with Gasteiger partial charge in [-0.2, -0.15) is 0 Å². The Kier molecular flexibility index (Phi) is 1.53. The molecule has 6 atom stereocenters. The first-order valence-electron chi connectivity index (χ1n) is 5.52. The molecule has 0 radical (unpaired) electrons. The van der Waals surface area contributed by atoms with Gasteiger partial charge in [0.1, 0.15) is 0 Å². The molecule has 3 nitrogen and oxygen atoms in total. The topological polar surface area (TPSA) is 78.1 Å². The standard InChI is InChI=1S/C11H19N3/c1-11(14)9(12)7-5-2-3-6(4-5)8(7)10(11)13/h2-3,5-10H,4,12-14H2,1H3. The zero-order valence-corrected chi connectivity index (χ0v) is 8.56. The molecule has 0 amide bonds. The van der Waals surface area contributed by atoms with Crippen LogP contribution in [-0.4, -0.2) is 17.6 Å². The van der Waals surface area contributed by atoms with Gasteiger partial charge in [0, 0.05) is 17.6 Å². The fraction of sp³-hybridized carbons (Fsp3) is 0.818. The lowest BCUT2D eigenvalue weighted by atomic mass is 9.83. The van der Waals surface area contributed by atoms with Crippen molar-refractivity contribution in [1.82, 2.24) is 0 Å². The predicted molar refractivity (Wildman–Crippen MR) is 56.3 cm³/mol. The number of nitrogens with two attached hydrogens (primary N) is 3. The molecule has 0 saturated heterocycles. The maximum absolute atomic E-state index is 6.24. The van der Waals surface area contributed by atoms with E-state index in [1.54, 1.807) is 0 Å². The third-order valence-electron chi connectivity index (χ3n) is 4.85. The van der Waals surface area contributed by atoms with Gasteiger partial charge in [-0.25, -0.2) is 0 Å². The largest absolute Gasteiger partial charge is 0.326 e. The van der Waals surface area contributed by atoms with Crippen molar-refractivity contribution in [3.8, 4) is 0 Å². The summed E-state index contributed by atoms with van der Waals surface area (Å²) >= 11 is 0. The number of hydrogen-bond acceptors (Lipinski definition) is 3. The van der Waals surface area contributed by atoms with Crippen LogP contribution in [0, 0.1) is 23.7 Å². The number of rotatable bonds is 0. The van der Waals surface area contributed by atoms with Crippen LogP contribution in [0.1, 0.15) is 13.3 Å². The molecule has 3 heteroatoms. The Balaban J connectivity index is 2.02. The summed E-state index contributed by atoms with van der Waals surface area (Å²) < 4.78 is 0. The first-order chi connectivity index (χ1) is 6.53. The summed E-state index contributed by atoms with van der Waals surface area (Å²) in [6.45, 7) is 2.01. The van der Waals surface area contributed by atoms with Gasteiger partial charge < -0.3 is 17.2 Å². The van der Waals surface area contributed by atoms with E-state index in [0.29, 0.717) is 23.7 Å². The highest BCUT2D eigenvalue weighted by Crippen LogP contribution is 2.56. The van der Waals surface area contributed by atoms with E-state index in [4.69, 9.17) is 17.2 Å². The van der Waals surface area contributed by atoms with Crippen molar-refractivity contribution in [3.05, 3.63) is 12.2 Å². The molecule has 3 rings (SSSR count). The van der Waals surface area contributed by atoms with Gasteiger partial charge in [0.15, 0.2) is 0 Å². The van der Waals surface area contributed by atoms with Crippen molar-refractivity contribution in [2.45, 2.75) is 31.0 Å². The first kappa shape index (κ1) is 8.89. The van der Waals surface area contributed by atoms with E-state index < -0.39 is 0 Å². The van der Waals surface area contributed by atoms with Crippen LogP contribution < -0.4 is 17.2 Å². The summed E-state index contributed by atoms with van der Waals surface area (Å²) in [5.41, 5.74) is 18.3. The normalized spacial score (nSPS) is 64.9. The van der Waals surface area contributed by atoms with E-state index in [-0.39, 0.29) is 17.6 Å². The van der Waals surface area contributed by atoms with Crippen molar-refractivity contribution >= 4 is 0 Å². The van der Waals surface area contributed by atoms with Crippen LogP contribution in [0.2, 0.25) is 0 Å². The highest BCUT2D eigenvalue weighted by Gasteiger charge is 2.61. The fourth-order valence-corrected chi connectivity index (χ4v) is 3.96. The first-order valence-corrected chi connectivity index (χ1v) is 5.52. The smallest absolute Gasteiger partial charge is 0.0438 e. The van der Waals surface area contributed by atoms with Crippen molar-refractivity contribution in [2.24, 2.45) is 40.9 Å². The number of fused-ring (bicyclic) bond motifs is 5. The monoisotopic (exact) mass is 193 g/mol. The second kappa shape index (κ2) is 2.40. The van der Waals surface area contributed by atoms with Crippen molar-refractivity contribution in [3.63, 3.8) is 0 Å². The molecule has 6 unspecified atom stereocenters. The minimum atomic E-state index is -0.377. The molecule has 0 aromatic carbocycles. The van der Waals surface area contributed by atoms with Crippen LogP contribution >= 0.6 is 0 Å². The van der Waals surface area contributed by atoms with Crippen LogP contribution in [0.4, 0.5) is 0 Å². The van der Waals surface area contributed by atoms with Crippen LogP contribution in [-0.2, 0) is 0 Å². The molecule has 78 valence electrons. The lowest BCUT2D eigenvalue weighted by Crippen LogP contribution is -2.60. The Morgan fingerprint density at radius 1 is 1.07 bits per heavy atom. The van der Waals surface area contributed by atoms with Crippen LogP contribution in [0.25, 0.3) is 0 Å². The van der Waals surface area contributed by atoms with E-state index in [1.165, 1.54) is 6.42 Å². The highest BCUT2D eigenvalue weighted by molar-refractivity contribution is 5.26. The lowest BCUT2D eigenvalue weighted by Gasteiger charge is -2.31. The third-order valence-corrected chi connectivity index (χ3v) is 4.85. The van der Waals surface area contributed by atoms with E-state index in [9.17, 15) is 0 Å². The summed E-state index contributed by atoms with van der Waals surface area (Å²) in [6, 6.07) is 0.143. The fourth-order valence-electron chi connectivity index (χ4n) is 3.96. The minimum Gasteiger partial charge on any atom is -0.326 e. The van der Waals surface area contributed by atoms with Gasteiger partial charge in [-0.15, -0.1) is 0 Å². The molecule has 2 bridgehead atoms. The highest BCUT2D eigenvalue weighted by atomic mass is 15.0. The molecule has 3 aliphatic carbocycles. The molecule has 0 aromatic rings. The van der Waals surface area contributed by atoms with E-state index >= 15 is 0 Å². The molecule has 6 N–H and O–H groups in total. The molecular weight excluding hydrogens is 174 g/mol. The minimum absolute atomic E-state index is 0.0717. The summed E-state index contributed by atoms with van der Waals surface area (Å²) in [5, 5.41) is 0. The van der Waals surface area contributed by atoms with E-state index in [0.717, 1.165) is 0 Å². The Labute approximate surface area is 84.7 Å². The van der Waals surface area contributed by atoms with Gasteiger partial charge in [-0.05, 0) is 37.0 Å². The van der Waals surface area contributed by atoms with Gasteiger partial charge >= 0.3 is 0 Å². The Hall–Kier alpha value is -0.380. The van der Waals surface area contributed by atoms with Crippen LogP contribution in [0.3, 0.4) is 0 Å². The molecule has 0 aliphatic heterocycles. The average molecular weight is 193 g/mol. The summed E-state index contributed by atoms with van der Waals surface area (Å²) in [7, 11) is 0. The third kappa shape index (κ3) is 0.794. The molecule has 0 heterocycles. The van der Waals surface area contributed by atoms with Crippen LogP contribution in [0.15, 0.2) is 12.2 Å². The lowest BCUT2D eigenvalue weighted by molar-refractivity contribution is 0.322. The molecule has 0 spiro atoms. The maximum atomic E-state index is 6.24. The molecule has 0 aromatic heterocycles. The van der Waals surface area contributed by atoms with Gasteiger partial charge in [-0.1, -0.05) is 12.2 Å². The van der Waals surface area contributed by atoms with Crippen molar-refractivity contribution in [2.75, 3.05) is 0 Å². The van der Waals surface area contributed by atoms with E-state index in [1.807, 2.05) is 6.92 Å². The summed E-state index contributed by atoms with van der Waals surface area (Å²) in [5.74, 6) is 2.37. The number of hydrogen-bond donors (Lipinski definition) is 3. The van der Waals surface area contributed by atoms with Gasteiger partial charge in [0.05, 0.1) is 0 Å². The molecule has 3 aliphatic rings. The predicted octanol–water partition coefficient (Wildman–Crippen LogP) is -0.190. The average Bonchev–Trinajstić information content (AvgIpc) is 2.76. The quantitative estimate of drug-likeness (QED) is 0.467.